The molecule has 0 spiro atoms. The lowest BCUT2D eigenvalue weighted by molar-refractivity contribution is 0.0689. The molecule has 7 heteroatoms. The molecule has 1 saturated carbocycles. The highest BCUT2D eigenvalue weighted by Gasteiger charge is 2.27. The number of carbonyl (C=O) groups excluding carboxylic acids is 1. The van der Waals surface area contributed by atoms with Gasteiger partial charge in [-0.2, -0.15) is 0 Å². The number of amides is 1. The molecule has 4 rings (SSSR count). The van der Waals surface area contributed by atoms with Crippen LogP contribution in [0.3, 0.4) is 0 Å². The smallest absolute Gasteiger partial charge is 0.254 e. The Kier molecular flexibility index (Phi) is 10.2. The SMILES string of the molecule is CN(C)CCCOc1ccc(CN(CC2CCCC(CN=C(N)N)C2)C(=O)c2cccc3ccccc23)cc1. The number of hydrogen-bond acceptors (Lipinski definition) is 4. The summed E-state index contributed by atoms with van der Waals surface area (Å²) < 4.78 is 5.92. The van der Waals surface area contributed by atoms with E-state index in [0.717, 1.165) is 66.3 Å². The van der Waals surface area contributed by atoms with Gasteiger partial charge >= 0.3 is 0 Å². The number of guanidine groups is 1. The summed E-state index contributed by atoms with van der Waals surface area (Å²) in [6, 6.07) is 22.3. The van der Waals surface area contributed by atoms with E-state index in [4.69, 9.17) is 16.2 Å². The maximum absolute atomic E-state index is 14.1. The normalized spacial score (nSPS) is 17.2. The van der Waals surface area contributed by atoms with Gasteiger partial charge in [-0.3, -0.25) is 9.79 Å². The van der Waals surface area contributed by atoms with E-state index in [1.807, 2.05) is 47.4 Å². The fourth-order valence-electron chi connectivity index (χ4n) is 5.56. The molecule has 4 N–H and O–H groups in total. The van der Waals surface area contributed by atoms with Crippen LogP contribution in [0.2, 0.25) is 0 Å². The Morgan fingerprint density at radius 2 is 1.72 bits per heavy atom. The van der Waals surface area contributed by atoms with Crippen molar-refractivity contribution in [2.75, 3.05) is 40.3 Å². The topological polar surface area (TPSA) is 97.2 Å². The Hall–Kier alpha value is -3.58. The number of benzene rings is 3. The maximum atomic E-state index is 14.1. The third-order valence-corrected chi connectivity index (χ3v) is 7.52. The van der Waals surface area contributed by atoms with Crippen molar-refractivity contribution in [2.24, 2.45) is 28.3 Å². The molecular formula is C32H43N5O2. The number of aliphatic imine (C=N–C) groups is 1. The molecule has 3 aromatic carbocycles. The first kappa shape index (κ1) is 28.4. The van der Waals surface area contributed by atoms with Gasteiger partial charge in [0.2, 0.25) is 0 Å². The molecule has 0 bridgehead atoms. The Morgan fingerprint density at radius 3 is 2.49 bits per heavy atom. The standard InChI is InChI=1S/C32H43N5O2/c1-36(2)18-7-19-39-28-16-14-24(15-17-28)22-37(23-26-9-5-8-25(20-26)21-35-32(33)34)31(38)30-13-6-11-27-10-3-4-12-29(27)30/h3-4,6,10-17,25-26H,5,7-9,18-23H2,1-2H3,(H4,33,34,35). The first-order valence-corrected chi connectivity index (χ1v) is 14.1. The Morgan fingerprint density at radius 1 is 0.974 bits per heavy atom. The minimum Gasteiger partial charge on any atom is -0.494 e. The zero-order valence-electron chi connectivity index (χ0n) is 23.4. The minimum absolute atomic E-state index is 0.0714. The zero-order valence-corrected chi connectivity index (χ0v) is 23.4. The first-order chi connectivity index (χ1) is 18.9. The number of fused-ring (bicyclic) bond motifs is 1. The van der Waals surface area contributed by atoms with Gasteiger partial charge in [0.1, 0.15) is 5.75 Å². The van der Waals surface area contributed by atoms with Gasteiger partial charge in [0, 0.05) is 31.7 Å². The van der Waals surface area contributed by atoms with Crippen molar-refractivity contribution in [1.82, 2.24) is 9.80 Å². The molecule has 1 amide bonds. The van der Waals surface area contributed by atoms with Gasteiger partial charge in [-0.25, -0.2) is 0 Å². The third-order valence-electron chi connectivity index (χ3n) is 7.52. The van der Waals surface area contributed by atoms with Crippen molar-refractivity contribution in [1.29, 1.82) is 0 Å². The molecule has 0 aromatic heterocycles. The largest absolute Gasteiger partial charge is 0.494 e. The maximum Gasteiger partial charge on any atom is 0.254 e. The summed E-state index contributed by atoms with van der Waals surface area (Å²) in [5.74, 6) is 1.94. The molecule has 2 unspecified atom stereocenters. The number of nitrogens with two attached hydrogens (primary N) is 2. The van der Waals surface area contributed by atoms with Crippen molar-refractivity contribution < 1.29 is 9.53 Å². The van der Waals surface area contributed by atoms with Gasteiger partial charge < -0.3 is 26.0 Å². The molecule has 7 nitrogen and oxygen atoms in total. The van der Waals surface area contributed by atoms with E-state index in [2.05, 4.69) is 48.3 Å². The van der Waals surface area contributed by atoms with Gasteiger partial charge in [0.15, 0.2) is 5.96 Å². The van der Waals surface area contributed by atoms with Crippen LogP contribution in [0.15, 0.2) is 71.7 Å². The van der Waals surface area contributed by atoms with Gasteiger partial charge in [0.25, 0.3) is 5.91 Å². The summed E-state index contributed by atoms with van der Waals surface area (Å²) >= 11 is 0. The van der Waals surface area contributed by atoms with Crippen molar-refractivity contribution in [3.05, 3.63) is 77.9 Å². The third kappa shape index (κ3) is 8.45. The molecular weight excluding hydrogens is 486 g/mol. The van der Waals surface area contributed by atoms with Gasteiger partial charge in [0.05, 0.1) is 6.61 Å². The van der Waals surface area contributed by atoms with Crippen LogP contribution in [0, 0.1) is 11.8 Å². The van der Waals surface area contributed by atoms with E-state index in [1.165, 1.54) is 0 Å². The number of nitrogens with zero attached hydrogens (tertiary/aromatic N) is 3. The molecule has 1 aliphatic carbocycles. The second kappa shape index (κ2) is 14.0. The highest BCUT2D eigenvalue weighted by atomic mass is 16.5. The van der Waals surface area contributed by atoms with Gasteiger partial charge in [-0.15, -0.1) is 0 Å². The molecule has 39 heavy (non-hydrogen) atoms. The quantitative estimate of drug-likeness (QED) is 0.198. The number of carbonyl (C=O) groups is 1. The van der Waals surface area contributed by atoms with Crippen LogP contribution in [-0.2, 0) is 6.54 Å². The predicted molar refractivity (Wildman–Crippen MR) is 160 cm³/mol. The van der Waals surface area contributed by atoms with Crippen molar-refractivity contribution in [3.8, 4) is 5.75 Å². The van der Waals surface area contributed by atoms with Crippen LogP contribution in [-0.4, -0.2) is 62.0 Å². The van der Waals surface area contributed by atoms with Crippen LogP contribution < -0.4 is 16.2 Å². The van der Waals surface area contributed by atoms with Crippen LogP contribution in [0.1, 0.15) is 48.0 Å². The lowest BCUT2D eigenvalue weighted by Gasteiger charge is -2.33. The van der Waals surface area contributed by atoms with Crippen LogP contribution in [0.4, 0.5) is 0 Å². The molecule has 3 aromatic rings. The first-order valence-electron chi connectivity index (χ1n) is 14.1. The van der Waals surface area contributed by atoms with Gasteiger partial charge in [-0.05, 0) is 86.1 Å². The highest BCUT2D eigenvalue weighted by molar-refractivity contribution is 6.07. The summed E-state index contributed by atoms with van der Waals surface area (Å²) in [7, 11) is 4.13. The number of rotatable bonds is 12. The average Bonchev–Trinajstić information content (AvgIpc) is 2.94. The van der Waals surface area contributed by atoms with Crippen molar-refractivity contribution in [3.63, 3.8) is 0 Å². The average molecular weight is 530 g/mol. The Bertz CT molecular complexity index is 1230. The molecule has 2 atom stereocenters. The predicted octanol–water partition coefficient (Wildman–Crippen LogP) is 4.89. The number of ether oxygens (including phenoxy) is 1. The Labute approximate surface area is 232 Å². The van der Waals surface area contributed by atoms with E-state index in [0.29, 0.717) is 38.1 Å². The van der Waals surface area contributed by atoms with E-state index in [-0.39, 0.29) is 11.9 Å². The number of hydrogen-bond donors (Lipinski definition) is 2. The van der Waals surface area contributed by atoms with E-state index < -0.39 is 0 Å². The lowest BCUT2D eigenvalue weighted by Crippen LogP contribution is -2.37. The van der Waals surface area contributed by atoms with Crippen LogP contribution in [0.5, 0.6) is 5.75 Å². The fraction of sp³-hybridized carbons (Fsp3) is 0.438. The summed E-state index contributed by atoms with van der Waals surface area (Å²) in [6.45, 7) is 3.61. The Balaban J connectivity index is 1.50. The minimum atomic E-state index is 0.0714. The second-order valence-electron chi connectivity index (χ2n) is 11.0. The zero-order chi connectivity index (χ0) is 27.6. The summed E-state index contributed by atoms with van der Waals surface area (Å²) in [4.78, 5) is 22.5. The monoisotopic (exact) mass is 529 g/mol. The van der Waals surface area contributed by atoms with E-state index in [9.17, 15) is 4.79 Å². The van der Waals surface area contributed by atoms with Crippen molar-refractivity contribution in [2.45, 2.75) is 38.6 Å². The van der Waals surface area contributed by atoms with Crippen molar-refractivity contribution >= 4 is 22.6 Å². The molecule has 0 aliphatic heterocycles. The fourth-order valence-corrected chi connectivity index (χ4v) is 5.56. The second-order valence-corrected chi connectivity index (χ2v) is 11.0. The lowest BCUT2D eigenvalue weighted by atomic mass is 9.81. The van der Waals surface area contributed by atoms with Crippen LogP contribution >= 0.6 is 0 Å². The molecule has 1 fully saturated rings. The van der Waals surface area contributed by atoms with E-state index in [1.54, 1.807) is 0 Å². The van der Waals surface area contributed by atoms with Gasteiger partial charge in [-0.1, -0.05) is 55.0 Å². The summed E-state index contributed by atoms with van der Waals surface area (Å²) in [6.07, 6.45) is 5.37. The summed E-state index contributed by atoms with van der Waals surface area (Å²) in [5.41, 5.74) is 13.0. The molecule has 0 saturated heterocycles. The summed E-state index contributed by atoms with van der Waals surface area (Å²) in [5, 5.41) is 2.07. The molecule has 1 aliphatic rings. The molecule has 208 valence electrons. The highest BCUT2D eigenvalue weighted by Crippen LogP contribution is 2.31. The molecule has 0 heterocycles. The van der Waals surface area contributed by atoms with E-state index >= 15 is 0 Å². The van der Waals surface area contributed by atoms with Crippen LogP contribution in [0.25, 0.3) is 10.8 Å². The molecule has 0 radical (unpaired) electrons.